The van der Waals surface area contributed by atoms with Crippen molar-refractivity contribution in [1.82, 2.24) is 9.88 Å². The molecular formula is C21H27N3O3S2. The molecule has 1 saturated heterocycles. The number of rotatable bonds is 7. The van der Waals surface area contributed by atoms with Gasteiger partial charge in [0.15, 0.2) is 10.0 Å². The lowest BCUT2D eigenvalue weighted by atomic mass is 9.85. The Morgan fingerprint density at radius 3 is 2.66 bits per heavy atom. The lowest BCUT2D eigenvalue weighted by molar-refractivity contribution is -0.128. The van der Waals surface area contributed by atoms with Crippen LogP contribution in [0.2, 0.25) is 0 Å². The number of aromatic nitrogens is 1. The van der Waals surface area contributed by atoms with E-state index in [9.17, 15) is 9.59 Å². The Hall–Kier alpha value is -1.90. The van der Waals surface area contributed by atoms with Crippen LogP contribution < -0.4 is 5.73 Å². The third kappa shape index (κ3) is 5.18. The molecule has 1 aromatic heterocycles. The molecule has 3 N–H and O–H groups in total. The number of carboxylic acid groups (broad SMARTS) is 1. The number of likely N-dealkylation sites (tertiary alicyclic amines) is 1. The molecule has 8 heteroatoms. The molecule has 2 aromatic rings. The molecule has 29 heavy (non-hydrogen) atoms. The lowest BCUT2D eigenvalue weighted by Crippen LogP contribution is -2.41. The van der Waals surface area contributed by atoms with Crippen molar-refractivity contribution >= 4 is 35.0 Å². The Labute approximate surface area is 179 Å². The van der Waals surface area contributed by atoms with Gasteiger partial charge in [0.05, 0.1) is 12.1 Å². The van der Waals surface area contributed by atoms with Gasteiger partial charge >= 0.3 is 5.97 Å². The number of nitrogens with zero attached hydrogens (tertiary/aromatic N) is 2. The molecule has 3 rings (SSSR count). The summed E-state index contributed by atoms with van der Waals surface area (Å²) in [4.78, 5) is 29.3. The van der Waals surface area contributed by atoms with Gasteiger partial charge in [-0.05, 0) is 23.0 Å². The highest BCUT2D eigenvalue weighted by molar-refractivity contribution is 8.01. The number of thiazole rings is 1. The Balaban J connectivity index is 1.62. The van der Waals surface area contributed by atoms with Crippen LogP contribution in [0.1, 0.15) is 61.3 Å². The number of amides is 1. The van der Waals surface area contributed by atoms with Gasteiger partial charge in [0.25, 0.3) is 0 Å². The summed E-state index contributed by atoms with van der Waals surface area (Å²) in [5.41, 5.74) is 9.01. The maximum Gasteiger partial charge on any atom is 0.355 e. The minimum Gasteiger partial charge on any atom is -0.476 e. The second-order valence-electron chi connectivity index (χ2n) is 8.24. The molecule has 1 amide bonds. The summed E-state index contributed by atoms with van der Waals surface area (Å²) in [6.07, 6.45) is 1.27. The average Bonchev–Trinajstić information content (AvgIpc) is 3.28. The number of hydrogen-bond donors (Lipinski definition) is 2. The van der Waals surface area contributed by atoms with E-state index in [1.807, 2.05) is 4.90 Å². The van der Waals surface area contributed by atoms with E-state index in [4.69, 9.17) is 10.8 Å². The highest BCUT2D eigenvalue weighted by Gasteiger charge is 2.35. The van der Waals surface area contributed by atoms with Crippen LogP contribution in [0.5, 0.6) is 0 Å². The Kier molecular flexibility index (Phi) is 6.65. The van der Waals surface area contributed by atoms with Gasteiger partial charge in [-0.25, -0.2) is 9.78 Å². The summed E-state index contributed by atoms with van der Waals surface area (Å²) in [6, 6.07) is 8.14. The summed E-state index contributed by atoms with van der Waals surface area (Å²) >= 11 is 2.78. The van der Waals surface area contributed by atoms with Crippen LogP contribution in [-0.2, 0) is 10.2 Å². The molecule has 1 fully saturated rings. The predicted molar refractivity (Wildman–Crippen MR) is 117 cm³/mol. The number of carbonyl (C=O) groups excluding carboxylic acids is 1. The summed E-state index contributed by atoms with van der Waals surface area (Å²) in [7, 11) is 0. The summed E-state index contributed by atoms with van der Waals surface area (Å²) < 4.78 is 0.702. The molecule has 0 saturated carbocycles. The first-order valence-corrected chi connectivity index (χ1v) is 11.5. The summed E-state index contributed by atoms with van der Waals surface area (Å²) in [6.45, 7) is 7.11. The first-order valence-electron chi connectivity index (χ1n) is 9.64. The van der Waals surface area contributed by atoms with Gasteiger partial charge in [-0.15, -0.1) is 11.3 Å². The summed E-state index contributed by atoms with van der Waals surface area (Å²) in [5.74, 6) is -0.237. The second-order valence-corrected chi connectivity index (χ2v) is 10.4. The van der Waals surface area contributed by atoms with Gasteiger partial charge < -0.3 is 15.7 Å². The number of nitrogens with two attached hydrogens (primary N) is 1. The van der Waals surface area contributed by atoms with Gasteiger partial charge in [-0.3, -0.25) is 4.79 Å². The molecule has 0 aliphatic carbocycles. The van der Waals surface area contributed by atoms with Crippen LogP contribution >= 0.6 is 23.1 Å². The molecule has 1 unspecified atom stereocenters. The van der Waals surface area contributed by atoms with Crippen molar-refractivity contribution in [2.24, 2.45) is 5.73 Å². The molecule has 2 heterocycles. The van der Waals surface area contributed by atoms with E-state index in [0.29, 0.717) is 23.1 Å². The number of aromatic carboxylic acids is 1. The fraction of sp³-hybridized carbons (Fsp3) is 0.476. The van der Waals surface area contributed by atoms with E-state index in [2.05, 4.69) is 50.0 Å². The van der Waals surface area contributed by atoms with Crippen LogP contribution in [0.25, 0.3) is 0 Å². The maximum atomic E-state index is 12.4. The molecule has 1 aliphatic rings. The number of benzene rings is 1. The van der Waals surface area contributed by atoms with Crippen molar-refractivity contribution in [3.8, 4) is 0 Å². The maximum absolute atomic E-state index is 12.4. The first kappa shape index (κ1) is 21.8. The molecule has 1 aromatic carbocycles. The molecule has 0 bridgehead atoms. The monoisotopic (exact) mass is 433 g/mol. The van der Waals surface area contributed by atoms with E-state index in [-0.39, 0.29) is 29.1 Å². The molecule has 1 aliphatic heterocycles. The lowest BCUT2D eigenvalue weighted by Gasteiger charge is -2.30. The highest BCUT2D eigenvalue weighted by atomic mass is 32.2. The topological polar surface area (TPSA) is 96.5 Å². The molecule has 6 nitrogen and oxygen atoms in total. The van der Waals surface area contributed by atoms with Crippen LogP contribution in [0, 0.1) is 0 Å². The van der Waals surface area contributed by atoms with Crippen molar-refractivity contribution in [3.05, 3.63) is 46.5 Å². The van der Waals surface area contributed by atoms with Crippen molar-refractivity contribution < 1.29 is 14.7 Å². The summed E-state index contributed by atoms with van der Waals surface area (Å²) in [5, 5.41) is 10.5. The third-order valence-electron chi connectivity index (χ3n) is 5.21. The van der Waals surface area contributed by atoms with E-state index in [0.717, 1.165) is 12.0 Å². The fourth-order valence-electron chi connectivity index (χ4n) is 3.50. The zero-order valence-electron chi connectivity index (χ0n) is 16.9. The van der Waals surface area contributed by atoms with E-state index >= 15 is 0 Å². The molecular weight excluding hydrogens is 406 g/mol. The normalized spacial score (nSPS) is 18.3. The van der Waals surface area contributed by atoms with Gasteiger partial charge in [0.1, 0.15) is 0 Å². The fourth-order valence-corrected chi connectivity index (χ4v) is 5.31. The van der Waals surface area contributed by atoms with Crippen LogP contribution in [0.15, 0.2) is 34.0 Å². The Morgan fingerprint density at radius 1 is 1.38 bits per heavy atom. The minimum absolute atomic E-state index is 0.0190. The number of carboxylic acids is 1. The molecule has 2 atom stereocenters. The zero-order valence-corrected chi connectivity index (χ0v) is 18.6. The first-order chi connectivity index (χ1) is 13.7. The van der Waals surface area contributed by atoms with E-state index < -0.39 is 5.97 Å². The van der Waals surface area contributed by atoms with E-state index in [1.165, 1.54) is 34.0 Å². The Bertz CT molecular complexity index is 874. The number of hydrogen-bond acceptors (Lipinski definition) is 6. The van der Waals surface area contributed by atoms with Crippen molar-refractivity contribution in [1.29, 1.82) is 0 Å². The quantitative estimate of drug-likeness (QED) is 0.643. The average molecular weight is 434 g/mol. The highest BCUT2D eigenvalue weighted by Crippen LogP contribution is 2.31. The largest absolute Gasteiger partial charge is 0.476 e. The van der Waals surface area contributed by atoms with Crippen LogP contribution in [0.3, 0.4) is 0 Å². The molecule has 156 valence electrons. The second kappa shape index (κ2) is 8.85. The smallest absolute Gasteiger partial charge is 0.355 e. The number of thioether (sulfide) groups is 1. The SMILES string of the molecule is CC(C)(C)c1ccc(C(N)[C@H]2CCC(=O)N2CCSc2nc(C(=O)O)cs2)cc1. The van der Waals surface area contributed by atoms with Crippen LogP contribution in [-0.4, -0.2) is 45.2 Å². The Morgan fingerprint density at radius 2 is 2.07 bits per heavy atom. The van der Waals surface area contributed by atoms with Crippen molar-refractivity contribution in [3.63, 3.8) is 0 Å². The van der Waals surface area contributed by atoms with Crippen molar-refractivity contribution in [2.45, 2.75) is 55.5 Å². The molecule has 0 radical (unpaired) electrons. The van der Waals surface area contributed by atoms with Gasteiger partial charge in [0.2, 0.25) is 5.91 Å². The minimum atomic E-state index is -1.02. The van der Waals surface area contributed by atoms with Gasteiger partial charge in [-0.2, -0.15) is 0 Å². The van der Waals surface area contributed by atoms with E-state index in [1.54, 1.807) is 0 Å². The zero-order chi connectivity index (χ0) is 21.2. The number of carbonyl (C=O) groups is 2. The molecule has 0 spiro atoms. The standard InChI is InChI=1S/C21H27N3O3S2/c1-21(2,3)14-6-4-13(5-7-14)18(22)16-8-9-17(25)24(16)10-11-28-20-23-15(12-29-20)19(26)27/h4-7,12,16,18H,8-11,22H2,1-3H3,(H,26,27)/t16-,18?/m1/s1. The van der Waals surface area contributed by atoms with Crippen molar-refractivity contribution in [2.75, 3.05) is 12.3 Å². The van der Waals surface area contributed by atoms with Gasteiger partial charge in [-0.1, -0.05) is 56.8 Å². The third-order valence-corrected chi connectivity index (χ3v) is 7.21. The van der Waals surface area contributed by atoms with Gasteiger partial charge in [0, 0.05) is 24.1 Å². The van der Waals surface area contributed by atoms with Crippen LogP contribution in [0.4, 0.5) is 0 Å². The predicted octanol–water partition coefficient (Wildman–Crippen LogP) is 3.92.